The van der Waals surface area contributed by atoms with Gasteiger partial charge in [0, 0.05) is 6.04 Å². The van der Waals surface area contributed by atoms with E-state index in [1.807, 2.05) is 6.92 Å². The average molecular weight is 252 g/mol. The fourth-order valence-electron chi connectivity index (χ4n) is 1.69. The maximum Gasteiger partial charge on any atom is 0.253 e. The summed E-state index contributed by atoms with van der Waals surface area (Å²) in [6.07, 6.45) is 1.94. The minimum Gasteiger partial charge on any atom is -0.396 e. The molecule has 1 aromatic carbocycles. The van der Waals surface area contributed by atoms with Gasteiger partial charge >= 0.3 is 0 Å². The molecule has 0 aromatic heterocycles. The van der Waals surface area contributed by atoms with E-state index in [1.54, 1.807) is 0 Å². The normalized spacial score (nSPS) is 12.5. The molecule has 0 saturated carbocycles. The maximum absolute atomic E-state index is 13.2. The van der Waals surface area contributed by atoms with Crippen LogP contribution in [0, 0.1) is 11.7 Å². The third-order valence-corrected chi connectivity index (χ3v) is 2.85. The van der Waals surface area contributed by atoms with Crippen molar-refractivity contribution in [1.82, 2.24) is 5.32 Å². The summed E-state index contributed by atoms with van der Waals surface area (Å²) >= 11 is 0. The molecule has 1 amide bonds. The lowest BCUT2D eigenvalue weighted by Gasteiger charge is -2.16. The first kappa shape index (κ1) is 14.5. The van der Waals surface area contributed by atoms with E-state index >= 15 is 0 Å². The first-order valence-corrected chi connectivity index (χ1v) is 6.26. The van der Waals surface area contributed by atoms with Gasteiger partial charge in [-0.1, -0.05) is 19.9 Å². The number of carbonyl (C=O) groups is 1. The Morgan fingerprint density at radius 1 is 1.33 bits per heavy atom. The molecule has 0 bridgehead atoms. The summed E-state index contributed by atoms with van der Waals surface area (Å²) in [5, 5.41) is 2.83. The van der Waals surface area contributed by atoms with Gasteiger partial charge in [0.2, 0.25) is 0 Å². The zero-order valence-electron chi connectivity index (χ0n) is 11.2. The Kier molecular flexibility index (Phi) is 5.13. The van der Waals surface area contributed by atoms with Crippen LogP contribution >= 0.6 is 0 Å². The van der Waals surface area contributed by atoms with Crippen LogP contribution < -0.4 is 11.1 Å². The first-order chi connectivity index (χ1) is 8.41. The van der Waals surface area contributed by atoms with Gasteiger partial charge < -0.3 is 11.1 Å². The van der Waals surface area contributed by atoms with Gasteiger partial charge in [0.25, 0.3) is 5.91 Å². The molecular weight excluding hydrogens is 231 g/mol. The molecule has 0 aliphatic heterocycles. The summed E-state index contributed by atoms with van der Waals surface area (Å²) in [6.45, 7) is 6.22. The SMILES string of the molecule is CC(C)CCC(C)NC(=O)c1cccc(F)c1N. The average Bonchev–Trinajstić information content (AvgIpc) is 2.30. The summed E-state index contributed by atoms with van der Waals surface area (Å²) < 4.78 is 13.2. The molecule has 0 aliphatic carbocycles. The number of hydrogen-bond donors (Lipinski definition) is 2. The quantitative estimate of drug-likeness (QED) is 0.792. The zero-order chi connectivity index (χ0) is 13.7. The van der Waals surface area contributed by atoms with E-state index in [2.05, 4.69) is 19.2 Å². The number of halogens is 1. The van der Waals surface area contributed by atoms with Crippen molar-refractivity contribution in [2.24, 2.45) is 5.92 Å². The van der Waals surface area contributed by atoms with E-state index in [0.29, 0.717) is 5.92 Å². The fraction of sp³-hybridized carbons (Fsp3) is 0.500. The van der Waals surface area contributed by atoms with Crippen LogP contribution in [0.5, 0.6) is 0 Å². The molecule has 4 heteroatoms. The van der Waals surface area contributed by atoms with Crippen LogP contribution in [0.25, 0.3) is 0 Å². The first-order valence-electron chi connectivity index (χ1n) is 6.26. The number of nitrogen functional groups attached to an aromatic ring is 1. The monoisotopic (exact) mass is 252 g/mol. The van der Waals surface area contributed by atoms with Gasteiger partial charge in [0.15, 0.2) is 0 Å². The second-order valence-corrected chi connectivity index (χ2v) is 5.05. The number of nitrogens with one attached hydrogen (secondary N) is 1. The molecule has 0 heterocycles. The highest BCUT2D eigenvalue weighted by Gasteiger charge is 2.14. The molecule has 18 heavy (non-hydrogen) atoms. The molecule has 0 radical (unpaired) electrons. The number of benzene rings is 1. The van der Waals surface area contributed by atoms with Crippen molar-refractivity contribution in [3.05, 3.63) is 29.6 Å². The van der Waals surface area contributed by atoms with Crippen molar-refractivity contribution in [2.45, 2.75) is 39.7 Å². The van der Waals surface area contributed by atoms with Crippen LogP contribution in [-0.2, 0) is 0 Å². The number of rotatable bonds is 5. The minimum absolute atomic E-state index is 0.0579. The maximum atomic E-state index is 13.2. The van der Waals surface area contributed by atoms with Gasteiger partial charge in [-0.2, -0.15) is 0 Å². The lowest BCUT2D eigenvalue weighted by Crippen LogP contribution is -2.33. The summed E-state index contributed by atoms with van der Waals surface area (Å²) in [5.41, 5.74) is 5.65. The van der Waals surface area contributed by atoms with Crippen LogP contribution in [-0.4, -0.2) is 11.9 Å². The molecule has 0 aliphatic rings. The van der Waals surface area contributed by atoms with Crippen LogP contribution in [0.1, 0.15) is 44.0 Å². The number of anilines is 1. The van der Waals surface area contributed by atoms with Crippen molar-refractivity contribution < 1.29 is 9.18 Å². The molecule has 1 rings (SSSR count). The van der Waals surface area contributed by atoms with Crippen LogP contribution in [0.4, 0.5) is 10.1 Å². The highest BCUT2D eigenvalue weighted by atomic mass is 19.1. The summed E-state index contributed by atoms with van der Waals surface area (Å²) in [4.78, 5) is 11.9. The number of amides is 1. The van der Waals surface area contributed by atoms with Crippen molar-refractivity contribution >= 4 is 11.6 Å². The predicted octanol–water partition coefficient (Wildman–Crippen LogP) is 2.96. The third kappa shape index (κ3) is 4.02. The van der Waals surface area contributed by atoms with E-state index in [-0.39, 0.29) is 23.2 Å². The van der Waals surface area contributed by atoms with E-state index in [4.69, 9.17) is 5.73 Å². The zero-order valence-corrected chi connectivity index (χ0v) is 11.2. The van der Waals surface area contributed by atoms with Gasteiger partial charge in [-0.15, -0.1) is 0 Å². The topological polar surface area (TPSA) is 55.1 Å². The van der Waals surface area contributed by atoms with E-state index in [1.165, 1.54) is 18.2 Å². The van der Waals surface area contributed by atoms with Gasteiger partial charge in [-0.05, 0) is 37.8 Å². The highest BCUT2D eigenvalue weighted by molar-refractivity contribution is 5.99. The van der Waals surface area contributed by atoms with Crippen LogP contribution in [0.15, 0.2) is 18.2 Å². The Bertz CT molecular complexity index is 418. The molecule has 3 N–H and O–H groups in total. The number of nitrogens with two attached hydrogens (primary N) is 1. The van der Waals surface area contributed by atoms with Crippen molar-refractivity contribution in [1.29, 1.82) is 0 Å². The molecule has 0 saturated heterocycles. The van der Waals surface area contributed by atoms with E-state index < -0.39 is 5.82 Å². The Morgan fingerprint density at radius 3 is 2.61 bits per heavy atom. The van der Waals surface area contributed by atoms with E-state index in [9.17, 15) is 9.18 Å². The minimum atomic E-state index is -0.558. The highest BCUT2D eigenvalue weighted by Crippen LogP contribution is 2.16. The Balaban J connectivity index is 2.62. The molecule has 3 nitrogen and oxygen atoms in total. The van der Waals surface area contributed by atoms with Crippen molar-refractivity contribution in [3.8, 4) is 0 Å². The lowest BCUT2D eigenvalue weighted by atomic mass is 10.0. The molecule has 0 fully saturated rings. The fourth-order valence-corrected chi connectivity index (χ4v) is 1.69. The van der Waals surface area contributed by atoms with Gasteiger partial charge in [-0.25, -0.2) is 4.39 Å². The third-order valence-electron chi connectivity index (χ3n) is 2.85. The van der Waals surface area contributed by atoms with Crippen molar-refractivity contribution in [2.75, 3.05) is 5.73 Å². The second kappa shape index (κ2) is 6.38. The molecule has 1 atom stereocenters. The Labute approximate surface area is 108 Å². The Hall–Kier alpha value is -1.58. The van der Waals surface area contributed by atoms with Crippen LogP contribution in [0.2, 0.25) is 0 Å². The standard InChI is InChI=1S/C14H21FN2O/c1-9(2)7-8-10(3)17-14(18)11-5-4-6-12(15)13(11)16/h4-6,9-10H,7-8,16H2,1-3H3,(H,17,18). The predicted molar refractivity (Wildman–Crippen MR) is 71.8 cm³/mol. The summed E-state index contributed by atoms with van der Waals surface area (Å²) in [6, 6.07) is 4.32. The second-order valence-electron chi connectivity index (χ2n) is 5.05. The number of carbonyl (C=O) groups excluding carboxylic acids is 1. The molecule has 1 unspecified atom stereocenters. The Morgan fingerprint density at radius 2 is 2.00 bits per heavy atom. The molecule has 1 aromatic rings. The molecule has 0 spiro atoms. The number of para-hydroxylation sites is 1. The largest absolute Gasteiger partial charge is 0.396 e. The number of hydrogen-bond acceptors (Lipinski definition) is 2. The lowest BCUT2D eigenvalue weighted by molar-refractivity contribution is 0.0937. The molecule has 100 valence electrons. The van der Waals surface area contributed by atoms with Crippen molar-refractivity contribution in [3.63, 3.8) is 0 Å². The van der Waals surface area contributed by atoms with Gasteiger partial charge in [0.05, 0.1) is 11.3 Å². The van der Waals surface area contributed by atoms with E-state index in [0.717, 1.165) is 12.8 Å². The van der Waals surface area contributed by atoms with Gasteiger partial charge in [0.1, 0.15) is 5.82 Å². The smallest absolute Gasteiger partial charge is 0.253 e. The summed E-state index contributed by atoms with van der Waals surface area (Å²) in [7, 11) is 0. The summed E-state index contributed by atoms with van der Waals surface area (Å²) in [5.74, 6) is -0.274. The molecular formula is C14H21FN2O. The van der Waals surface area contributed by atoms with Gasteiger partial charge in [-0.3, -0.25) is 4.79 Å². The van der Waals surface area contributed by atoms with Crippen LogP contribution in [0.3, 0.4) is 0 Å².